The molecule has 9 heteroatoms. The zero-order valence-electron chi connectivity index (χ0n) is 19.0. The number of aromatic amines is 1. The van der Waals surface area contributed by atoms with E-state index in [1.54, 1.807) is 35.4 Å². The lowest BCUT2D eigenvalue weighted by Gasteiger charge is -2.11. The van der Waals surface area contributed by atoms with Crippen LogP contribution < -0.4 is 10.6 Å². The Balaban J connectivity index is 1.18. The predicted molar refractivity (Wildman–Crippen MR) is 128 cm³/mol. The molecule has 2 amide bonds. The average molecular weight is 456 g/mol. The lowest BCUT2D eigenvalue weighted by atomic mass is 10.1. The number of nitrogens with one attached hydrogen (secondary N) is 3. The number of rotatable bonds is 5. The van der Waals surface area contributed by atoms with E-state index in [2.05, 4.69) is 30.7 Å². The summed E-state index contributed by atoms with van der Waals surface area (Å²) in [5.74, 6) is 0.996. The van der Waals surface area contributed by atoms with Crippen LogP contribution in [0.3, 0.4) is 0 Å². The number of aromatic nitrogens is 5. The van der Waals surface area contributed by atoms with Crippen LogP contribution in [0.1, 0.15) is 35.3 Å². The van der Waals surface area contributed by atoms with Gasteiger partial charge in [-0.05, 0) is 49.8 Å². The Morgan fingerprint density at radius 3 is 2.65 bits per heavy atom. The van der Waals surface area contributed by atoms with E-state index in [1.165, 1.54) is 6.42 Å². The van der Waals surface area contributed by atoms with Gasteiger partial charge in [0.15, 0.2) is 0 Å². The summed E-state index contributed by atoms with van der Waals surface area (Å²) in [5, 5.41) is 10.9. The van der Waals surface area contributed by atoms with Crippen LogP contribution in [0.2, 0.25) is 0 Å². The van der Waals surface area contributed by atoms with E-state index in [4.69, 9.17) is 0 Å². The standard InChI is InChI=1S/C25H25N7O2/c1-13-20(8-17(11-26-13)29-25(34)22-18-4-3-5-19(18)22)31-24(33)15-6-14-7-21(30-23(14)27-9-15)16-10-28-32(2)12-16/h6-12,18-19,22H,3-5H2,1-2H3,(H,27,30)(H,29,34)(H,31,33). The minimum Gasteiger partial charge on any atom is -0.339 e. The quantitative estimate of drug-likeness (QED) is 0.422. The third kappa shape index (κ3) is 3.63. The molecule has 2 saturated carbocycles. The van der Waals surface area contributed by atoms with Gasteiger partial charge in [-0.15, -0.1) is 0 Å². The summed E-state index contributed by atoms with van der Waals surface area (Å²) in [6.07, 6.45) is 10.4. The number of amides is 2. The van der Waals surface area contributed by atoms with Gasteiger partial charge in [0.2, 0.25) is 5.91 Å². The Morgan fingerprint density at radius 2 is 1.88 bits per heavy atom. The number of anilines is 2. The first-order chi connectivity index (χ1) is 16.5. The molecule has 0 radical (unpaired) electrons. The Labute approximate surface area is 196 Å². The number of carbonyl (C=O) groups excluding carboxylic acids is 2. The lowest BCUT2D eigenvalue weighted by Crippen LogP contribution is -2.18. The molecule has 0 bridgehead atoms. The van der Waals surface area contributed by atoms with E-state index in [9.17, 15) is 9.59 Å². The van der Waals surface area contributed by atoms with Gasteiger partial charge in [0, 0.05) is 36.3 Å². The van der Waals surface area contributed by atoms with Gasteiger partial charge < -0.3 is 15.6 Å². The number of hydrogen-bond acceptors (Lipinski definition) is 5. The second kappa shape index (κ2) is 7.79. The molecule has 2 unspecified atom stereocenters. The van der Waals surface area contributed by atoms with Gasteiger partial charge >= 0.3 is 0 Å². The fourth-order valence-corrected chi connectivity index (χ4v) is 5.21. The molecule has 4 aromatic rings. The van der Waals surface area contributed by atoms with Crippen molar-refractivity contribution in [3.63, 3.8) is 0 Å². The molecule has 2 aliphatic carbocycles. The Morgan fingerprint density at radius 1 is 1.06 bits per heavy atom. The molecule has 0 saturated heterocycles. The molecule has 9 nitrogen and oxygen atoms in total. The van der Waals surface area contributed by atoms with E-state index in [0.29, 0.717) is 40.1 Å². The molecule has 172 valence electrons. The molecule has 0 aliphatic heterocycles. The molecule has 6 rings (SSSR count). The first kappa shape index (κ1) is 20.6. The zero-order chi connectivity index (χ0) is 23.4. The molecule has 2 aliphatic rings. The molecule has 34 heavy (non-hydrogen) atoms. The third-order valence-electron chi connectivity index (χ3n) is 7.06. The first-order valence-electron chi connectivity index (χ1n) is 11.5. The second-order valence-corrected chi connectivity index (χ2v) is 9.33. The highest BCUT2D eigenvalue weighted by atomic mass is 16.2. The van der Waals surface area contributed by atoms with Crippen molar-refractivity contribution < 1.29 is 9.59 Å². The molecule has 2 fully saturated rings. The highest BCUT2D eigenvalue weighted by Gasteiger charge is 2.56. The van der Waals surface area contributed by atoms with Crippen molar-refractivity contribution in [3.8, 4) is 11.3 Å². The van der Waals surface area contributed by atoms with Gasteiger partial charge in [0.05, 0.1) is 40.7 Å². The summed E-state index contributed by atoms with van der Waals surface area (Å²) >= 11 is 0. The number of hydrogen-bond donors (Lipinski definition) is 3. The summed E-state index contributed by atoms with van der Waals surface area (Å²) in [4.78, 5) is 37.6. The first-order valence-corrected chi connectivity index (χ1v) is 11.5. The molecular weight excluding hydrogens is 430 g/mol. The van der Waals surface area contributed by atoms with Crippen LogP contribution in [0.15, 0.2) is 43.0 Å². The maximum Gasteiger partial charge on any atom is 0.257 e. The predicted octanol–water partition coefficient (Wildman–Crippen LogP) is 3.90. The highest BCUT2D eigenvalue weighted by Crippen LogP contribution is 2.57. The topological polar surface area (TPSA) is 118 Å². The summed E-state index contributed by atoms with van der Waals surface area (Å²) in [6.45, 7) is 1.82. The smallest absolute Gasteiger partial charge is 0.257 e. The van der Waals surface area contributed by atoms with Crippen molar-refractivity contribution in [3.05, 3.63) is 54.2 Å². The van der Waals surface area contributed by atoms with Crippen molar-refractivity contribution in [2.45, 2.75) is 26.2 Å². The largest absolute Gasteiger partial charge is 0.339 e. The van der Waals surface area contributed by atoms with Crippen LogP contribution in [0, 0.1) is 24.7 Å². The average Bonchev–Trinajstić information content (AvgIpc) is 3.24. The van der Waals surface area contributed by atoms with Crippen molar-refractivity contribution in [2.75, 3.05) is 10.6 Å². The van der Waals surface area contributed by atoms with E-state index in [0.717, 1.165) is 29.5 Å². The third-order valence-corrected chi connectivity index (χ3v) is 7.06. The minimum absolute atomic E-state index is 0.0594. The highest BCUT2D eigenvalue weighted by molar-refractivity contribution is 6.06. The normalized spacial score (nSPS) is 20.8. The molecule has 2 atom stereocenters. The summed E-state index contributed by atoms with van der Waals surface area (Å²) in [5.41, 5.74) is 4.79. The van der Waals surface area contributed by atoms with Crippen LogP contribution in [0.5, 0.6) is 0 Å². The van der Waals surface area contributed by atoms with Gasteiger partial charge in [-0.3, -0.25) is 19.3 Å². The fraction of sp³-hybridized carbons (Fsp3) is 0.320. The van der Waals surface area contributed by atoms with E-state index < -0.39 is 0 Å². The van der Waals surface area contributed by atoms with Crippen LogP contribution in [0.25, 0.3) is 22.3 Å². The number of nitrogens with zero attached hydrogens (tertiary/aromatic N) is 4. The molecule has 0 aromatic carbocycles. The van der Waals surface area contributed by atoms with Crippen LogP contribution >= 0.6 is 0 Å². The number of carbonyl (C=O) groups is 2. The van der Waals surface area contributed by atoms with Crippen molar-refractivity contribution in [1.29, 1.82) is 0 Å². The summed E-state index contributed by atoms with van der Waals surface area (Å²) in [6, 6.07) is 5.51. The monoisotopic (exact) mass is 455 g/mol. The SMILES string of the molecule is Cc1ncc(NC(=O)C2C3CCCC32)cc1NC(=O)c1cnc2[nH]c(-c3cnn(C)c3)cc2c1. The molecule has 4 heterocycles. The van der Waals surface area contributed by atoms with Crippen LogP contribution in [0.4, 0.5) is 11.4 Å². The number of fused-ring (bicyclic) bond motifs is 2. The Bertz CT molecular complexity index is 1430. The Kier molecular flexibility index (Phi) is 4.72. The van der Waals surface area contributed by atoms with E-state index in [1.807, 2.05) is 26.2 Å². The summed E-state index contributed by atoms with van der Waals surface area (Å²) < 4.78 is 1.73. The maximum absolute atomic E-state index is 13.0. The van der Waals surface area contributed by atoms with Gasteiger partial charge in [-0.1, -0.05) is 6.42 Å². The molecular formula is C25H25N7O2. The molecule has 3 N–H and O–H groups in total. The van der Waals surface area contributed by atoms with Gasteiger partial charge in [0.1, 0.15) is 5.65 Å². The fourth-order valence-electron chi connectivity index (χ4n) is 5.21. The minimum atomic E-state index is -0.288. The van der Waals surface area contributed by atoms with Gasteiger partial charge in [0.25, 0.3) is 5.91 Å². The van der Waals surface area contributed by atoms with E-state index in [-0.39, 0.29) is 17.7 Å². The zero-order valence-corrected chi connectivity index (χ0v) is 19.0. The van der Waals surface area contributed by atoms with Crippen molar-refractivity contribution >= 4 is 34.2 Å². The number of H-pyrrole nitrogens is 1. The van der Waals surface area contributed by atoms with Gasteiger partial charge in [-0.2, -0.15) is 5.10 Å². The molecule has 4 aromatic heterocycles. The lowest BCUT2D eigenvalue weighted by molar-refractivity contribution is -0.118. The van der Waals surface area contributed by atoms with Crippen LogP contribution in [-0.2, 0) is 11.8 Å². The number of aryl methyl sites for hydroxylation is 2. The van der Waals surface area contributed by atoms with E-state index >= 15 is 0 Å². The summed E-state index contributed by atoms with van der Waals surface area (Å²) in [7, 11) is 1.86. The maximum atomic E-state index is 13.0. The Hall–Kier alpha value is -4.01. The van der Waals surface area contributed by atoms with Crippen LogP contribution in [-0.4, -0.2) is 36.5 Å². The molecule has 0 spiro atoms. The van der Waals surface area contributed by atoms with Gasteiger partial charge in [-0.25, -0.2) is 4.98 Å². The van der Waals surface area contributed by atoms with Crippen molar-refractivity contribution in [2.24, 2.45) is 24.8 Å². The second-order valence-electron chi connectivity index (χ2n) is 9.33. The number of pyridine rings is 2. The van der Waals surface area contributed by atoms with Crippen molar-refractivity contribution in [1.82, 2.24) is 24.7 Å².